The summed E-state index contributed by atoms with van der Waals surface area (Å²) in [4.78, 5) is 41.1. The zero-order valence-corrected chi connectivity index (χ0v) is 18.5. The van der Waals surface area contributed by atoms with Gasteiger partial charge in [0.2, 0.25) is 5.91 Å². The molecule has 172 valence electrons. The van der Waals surface area contributed by atoms with Crippen molar-refractivity contribution in [3.63, 3.8) is 0 Å². The maximum Gasteiger partial charge on any atom is 0.332 e. The topological polar surface area (TPSA) is 135 Å². The first-order valence-electron chi connectivity index (χ1n) is 9.89. The number of hydrogen-bond acceptors (Lipinski definition) is 8. The Morgan fingerprint density at radius 1 is 1.09 bits per heavy atom. The maximum atomic E-state index is 12.5. The molecule has 0 radical (unpaired) electrons. The van der Waals surface area contributed by atoms with E-state index in [4.69, 9.17) is 14.0 Å². The first kappa shape index (κ1) is 21.9. The Kier molecular flexibility index (Phi) is 5.73. The van der Waals surface area contributed by atoms with Crippen LogP contribution in [0.15, 0.2) is 44.7 Å². The standard InChI is InChI=1S/C21H22N6O6/c1-25-19-18(20(29)26(2)21(25)30)27(11-23-19)10-17(28)22-9-13-8-15(33-24-13)12-5-6-14(31-3)16(7-12)32-4/h5-8,11H,9-10H2,1-4H3,(H,22,28). The molecule has 0 spiro atoms. The molecular formula is C21H22N6O6. The van der Waals surface area contributed by atoms with E-state index >= 15 is 0 Å². The van der Waals surface area contributed by atoms with Gasteiger partial charge < -0.3 is 23.9 Å². The van der Waals surface area contributed by atoms with Crippen LogP contribution in [-0.4, -0.2) is 44.0 Å². The third-order valence-electron chi connectivity index (χ3n) is 5.22. The van der Waals surface area contributed by atoms with Gasteiger partial charge in [-0.1, -0.05) is 5.16 Å². The first-order chi connectivity index (χ1) is 15.8. The third kappa shape index (κ3) is 3.97. The van der Waals surface area contributed by atoms with E-state index in [0.717, 1.165) is 10.1 Å². The molecule has 1 aromatic carbocycles. The Balaban J connectivity index is 1.46. The molecule has 0 unspecified atom stereocenters. The van der Waals surface area contributed by atoms with Crippen molar-refractivity contribution in [2.75, 3.05) is 14.2 Å². The van der Waals surface area contributed by atoms with Gasteiger partial charge in [-0.3, -0.25) is 18.7 Å². The Labute approximate surface area is 187 Å². The van der Waals surface area contributed by atoms with Gasteiger partial charge in [0.05, 0.1) is 27.1 Å². The number of carbonyl (C=O) groups is 1. The molecule has 0 atom stereocenters. The molecule has 0 aliphatic heterocycles. The third-order valence-corrected chi connectivity index (χ3v) is 5.22. The number of aromatic nitrogens is 5. The highest BCUT2D eigenvalue weighted by molar-refractivity contribution is 5.78. The summed E-state index contributed by atoms with van der Waals surface area (Å²) in [6, 6.07) is 7.04. The minimum Gasteiger partial charge on any atom is -0.493 e. The predicted molar refractivity (Wildman–Crippen MR) is 117 cm³/mol. The van der Waals surface area contributed by atoms with Crippen LogP contribution < -0.4 is 26.0 Å². The molecule has 0 aliphatic rings. The second-order valence-electron chi connectivity index (χ2n) is 7.28. The average molecular weight is 454 g/mol. The van der Waals surface area contributed by atoms with Crippen molar-refractivity contribution < 1.29 is 18.8 Å². The molecule has 4 aromatic rings. The van der Waals surface area contributed by atoms with Crippen molar-refractivity contribution in [3.05, 3.63) is 57.1 Å². The van der Waals surface area contributed by atoms with E-state index in [9.17, 15) is 14.4 Å². The van der Waals surface area contributed by atoms with Crippen LogP contribution >= 0.6 is 0 Å². The SMILES string of the molecule is COc1ccc(-c2cc(CNC(=O)Cn3cnc4c3c(=O)n(C)c(=O)n4C)no2)cc1OC. The molecule has 0 saturated carbocycles. The fourth-order valence-electron chi connectivity index (χ4n) is 3.44. The summed E-state index contributed by atoms with van der Waals surface area (Å²) in [6.07, 6.45) is 1.36. The highest BCUT2D eigenvalue weighted by Crippen LogP contribution is 2.32. The summed E-state index contributed by atoms with van der Waals surface area (Å²) >= 11 is 0. The maximum absolute atomic E-state index is 12.5. The van der Waals surface area contributed by atoms with Gasteiger partial charge in [0.25, 0.3) is 5.56 Å². The molecule has 0 saturated heterocycles. The number of nitrogens with one attached hydrogen (secondary N) is 1. The van der Waals surface area contributed by atoms with E-state index < -0.39 is 11.2 Å². The van der Waals surface area contributed by atoms with Crippen molar-refractivity contribution >= 4 is 17.1 Å². The second kappa shape index (κ2) is 8.65. The van der Waals surface area contributed by atoms with Crippen molar-refractivity contribution in [1.82, 2.24) is 29.2 Å². The predicted octanol–water partition coefficient (Wildman–Crippen LogP) is 0.422. The minimum absolute atomic E-state index is 0.124. The number of nitrogens with zero attached hydrogens (tertiary/aromatic N) is 5. The number of imidazole rings is 1. The highest BCUT2D eigenvalue weighted by Gasteiger charge is 2.16. The molecule has 12 nitrogen and oxygen atoms in total. The quantitative estimate of drug-likeness (QED) is 0.425. The van der Waals surface area contributed by atoms with Gasteiger partial charge in [-0.2, -0.15) is 0 Å². The van der Waals surface area contributed by atoms with Crippen molar-refractivity contribution in [1.29, 1.82) is 0 Å². The Hall–Kier alpha value is -4.35. The number of rotatable bonds is 7. The second-order valence-corrected chi connectivity index (χ2v) is 7.28. The number of fused-ring (bicyclic) bond motifs is 1. The summed E-state index contributed by atoms with van der Waals surface area (Å²) in [7, 11) is 5.99. The van der Waals surface area contributed by atoms with Crippen molar-refractivity contribution in [3.8, 4) is 22.8 Å². The van der Waals surface area contributed by atoms with Gasteiger partial charge in [-0.05, 0) is 18.2 Å². The zero-order chi connectivity index (χ0) is 23.7. The summed E-state index contributed by atoms with van der Waals surface area (Å²) in [5.74, 6) is 1.29. The zero-order valence-electron chi connectivity index (χ0n) is 18.5. The number of benzene rings is 1. The number of methoxy groups -OCH3 is 2. The van der Waals surface area contributed by atoms with Crippen LogP contribution in [0, 0.1) is 0 Å². The summed E-state index contributed by atoms with van der Waals surface area (Å²) in [5.41, 5.74) is 0.637. The van der Waals surface area contributed by atoms with Crippen LogP contribution in [0.5, 0.6) is 11.5 Å². The fourth-order valence-corrected chi connectivity index (χ4v) is 3.44. The minimum atomic E-state index is -0.519. The lowest BCUT2D eigenvalue weighted by molar-refractivity contribution is -0.121. The normalized spacial score (nSPS) is 11.0. The lowest BCUT2D eigenvalue weighted by Gasteiger charge is -2.07. The number of amides is 1. The Morgan fingerprint density at radius 3 is 2.58 bits per heavy atom. The average Bonchev–Trinajstić information content (AvgIpc) is 3.47. The van der Waals surface area contributed by atoms with Gasteiger partial charge in [-0.25, -0.2) is 9.78 Å². The molecule has 0 bridgehead atoms. The number of aryl methyl sites for hydroxylation is 1. The molecule has 3 heterocycles. The highest BCUT2D eigenvalue weighted by atomic mass is 16.5. The van der Waals surface area contributed by atoms with E-state index in [1.807, 2.05) is 6.07 Å². The van der Waals surface area contributed by atoms with E-state index in [1.54, 1.807) is 32.4 Å². The largest absolute Gasteiger partial charge is 0.493 e. The summed E-state index contributed by atoms with van der Waals surface area (Å²) in [6.45, 7) is -0.0247. The van der Waals surface area contributed by atoms with E-state index in [1.165, 1.54) is 29.6 Å². The van der Waals surface area contributed by atoms with Crippen molar-refractivity contribution in [2.45, 2.75) is 13.1 Å². The molecule has 12 heteroatoms. The van der Waals surface area contributed by atoms with Crippen LogP contribution in [0.3, 0.4) is 0 Å². The van der Waals surface area contributed by atoms with Crippen LogP contribution in [0.1, 0.15) is 5.69 Å². The molecule has 1 N–H and O–H groups in total. The van der Waals surface area contributed by atoms with Gasteiger partial charge in [0.1, 0.15) is 12.2 Å². The first-order valence-corrected chi connectivity index (χ1v) is 9.89. The van der Waals surface area contributed by atoms with E-state index in [0.29, 0.717) is 23.0 Å². The Morgan fingerprint density at radius 2 is 1.85 bits per heavy atom. The van der Waals surface area contributed by atoms with Crippen LogP contribution in [-0.2, 0) is 32.0 Å². The van der Waals surface area contributed by atoms with Gasteiger partial charge in [0, 0.05) is 25.7 Å². The molecular weight excluding hydrogens is 432 g/mol. The molecule has 1 amide bonds. The summed E-state index contributed by atoms with van der Waals surface area (Å²) in [5, 5.41) is 6.72. The van der Waals surface area contributed by atoms with E-state index in [-0.39, 0.29) is 30.2 Å². The summed E-state index contributed by atoms with van der Waals surface area (Å²) < 4.78 is 19.6. The van der Waals surface area contributed by atoms with Crippen molar-refractivity contribution in [2.24, 2.45) is 14.1 Å². The molecule has 33 heavy (non-hydrogen) atoms. The monoisotopic (exact) mass is 454 g/mol. The number of carbonyl (C=O) groups excluding carboxylic acids is 1. The lowest BCUT2D eigenvalue weighted by Crippen LogP contribution is -2.38. The van der Waals surface area contributed by atoms with Gasteiger partial charge in [-0.15, -0.1) is 0 Å². The Bertz CT molecular complexity index is 1460. The fraction of sp³-hybridized carbons (Fsp3) is 0.286. The van der Waals surface area contributed by atoms with Gasteiger partial charge in [0.15, 0.2) is 28.4 Å². The molecule has 0 fully saturated rings. The van der Waals surface area contributed by atoms with Crippen LogP contribution in [0.25, 0.3) is 22.5 Å². The molecule has 0 aliphatic carbocycles. The van der Waals surface area contributed by atoms with E-state index in [2.05, 4.69) is 15.5 Å². The lowest BCUT2D eigenvalue weighted by atomic mass is 10.1. The number of hydrogen-bond donors (Lipinski definition) is 1. The van der Waals surface area contributed by atoms with Crippen LogP contribution in [0.2, 0.25) is 0 Å². The molecule has 3 aromatic heterocycles. The van der Waals surface area contributed by atoms with Crippen LogP contribution in [0.4, 0.5) is 0 Å². The smallest absolute Gasteiger partial charge is 0.332 e. The number of ether oxygens (including phenoxy) is 2. The molecule has 4 rings (SSSR count). The van der Waals surface area contributed by atoms with Gasteiger partial charge >= 0.3 is 5.69 Å².